The van der Waals surface area contributed by atoms with Crippen molar-refractivity contribution in [2.45, 2.75) is 77.6 Å². The van der Waals surface area contributed by atoms with E-state index in [2.05, 4.69) is 34.3 Å². The molecule has 9 heteroatoms. The van der Waals surface area contributed by atoms with Crippen molar-refractivity contribution in [3.8, 4) is 11.5 Å². The zero-order chi connectivity index (χ0) is 26.6. The van der Waals surface area contributed by atoms with Gasteiger partial charge in [-0.15, -0.1) is 12.4 Å². The van der Waals surface area contributed by atoms with Crippen molar-refractivity contribution in [2.24, 2.45) is 5.92 Å². The zero-order valence-electron chi connectivity index (χ0n) is 22.9. The van der Waals surface area contributed by atoms with Gasteiger partial charge in [0.25, 0.3) is 0 Å². The maximum atomic E-state index is 13.5. The second kappa shape index (κ2) is 12.9. The number of unbranched alkanes of at least 4 members (excludes halogenated alkanes) is 1. The van der Waals surface area contributed by atoms with Crippen LogP contribution >= 0.6 is 12.4 Å². The Hall–Kier alpha value is -2.68. The maximum absolute atomic E-state index is 13.5. The molecule has 8 nitrogen and oxygen atoms in total. The number of likely N-dealkylation sites (tertiary alicyclic amines) is 1. The number of pyridine rings is 1. The number of ether oxygens (including phenoxy) is 1. The van der Waals surface area contributed by atoms with Crippen LogP contribution in [0, 0.1) is 12.8 Å². The highest BCUT2D eigenvalue weighted by molar-refractivity contribution is 6.00. The van der Waals surface area contributed by atoms with E-state index in [1.165, 1.54) is 0 Å². The first-order chi connectivity index (χ1) is 17.7. The van der Waals surface area contributed by atoms with Gasteiger partial charge in [0, 0.05) is 31.9 Å². The van der Waals surface area contributed by atoms with E-state index >= 15 is 0 Å². The molecule has 0 radical (unpaired) electrons. The van der Waals surface area contributed by atoms with E-state index in [0.717, 1.165) is 36.4 Å². The molecule has 4 rings (SSSR count). The van der Waals surface area contributed by atoms with Gasteiger partial charge >= 0.3 is 0 Å². The third kappa shape index (κ3) is 6.47. The van der Waals surface area contributed by atoms with E-state index in [0.29, 0.717) is 38.2 Å². The third-order valence-corrected chi connectivity index (χ3v) is 7.65. The summed E-state index contributed by atoms with van der Waals surface area (Å²) in [5.74, 6) is 1.06. The Labute approximate surface area is 232 Å². The molecule has 2 atom stereocenters. The number of halogens is 1. The minimum atomic E-state index is -0.896. The Morgan fingerprint density at radius 1 is 1.11 bits per heavy atom. The number of piperidine rings is 1. The van der Waals surface area contributed by atoms with Crippen LogP contribution in [0.3, 0.4) is 0 Å². The molecule has 0 unspecified atom stereocenters. The molecule has 38 heavy (non-hydrogen) atoms. The number of hydrogen-bond acceptors (Lipinski definition) is 6. The summed E-state index contributed by atoms with van der Waals surface area (Å²) in [6.45, 7) is 10.5. The minimum absolute atomic E-state index is 0. The van der Waals surface area contributed by atoms with Gasteiger partial charge in [-0.25, -0.2) is 0 Å². The van der Waals surface area contributed by atoms with Crippen molar-refractivity contribution in [3.63, 3.8) is 0 Å². The molecule has 2 saturated heterocycles. The van der Waals surface area contributed by atoms with Gasteiger partial charge in [-0.3, -0.25) is 19.5 Å². The van der Waals surface area contributed by atoms with Gasteiger partial charge in [-0.1, -0.05) is 39.3 Å². The van der Waals surface area contributed by atoms with Crippen LogP contribution in [0.5, 0.6) is 11.5 Å². The molecular weight excluding hydrogens is 504 g/mol. The Balaban J connectivity index is 0.00000400. The van der Waals surface area contributed by atoms with Crippen molar-refractivity contribution in [3.05, 3.63) is 53.9 Å². The highest BCUT2D eigenvalue weighted by atomic mass is 35.5. The monoisotopic (exact) mass is 544 g/mol. The van der Waals surface area contributed by atoms with Crippen molar-refractivity contribution in [1.82, 2.24) is 20.1 Å². The average molecular weight is 545 g/mol. The number of rotatable bonds is 9. The van der Waals surface area contributed by atoms with Crippen LogP contribution in [0.15, 0.2) is 42.6 Å². The Kier molecular flexibility index (Phi) is 10.2. The molecule has 1 aromatic carbocycles. The summed E-state index contributed by atoms with van der Waals surface area (Å²) >= 11 is 0. The van der Waals surface area contributed by atoms with Crippen molar-refractivity contribution in [2.75, 3.05) is 19.6 Å². The summed E-state index contributed by atoms with van der Waals surface area (Å²) in [5.41, 5.74) is 1.27. The predicted molar refractivity (Wildman–Crippen MR) is 149 cm³/mol. The van der Waals surface area contributed by atoms with Gasteiger partial charge in [0.1, 0.15) is 23.1 Å². The molecule has 0 bridgehead atoms. The highest BCUT2D eigenvalue weighted by Gasteiger charge is 2.54. The Morgan fingerprint density at radius 2 is 1.76 bits per heavy atom. The number of aromatic nitrogens is 1. The first-order valence-electron chi connectivity index (χ1n) is 13.5. The third-order valence-electron chi connectivity index (χ3n) is 7.65. The normalized spacial score (nSPS) is 20.3. The fourth-order valence-corrected chi connectivity index (χ4v) is 5.25. The Morgan fingerprint density at radius 3 is 2.34 bits per heavy atom. The summed E-state index contributed by atoms with van der Waals surface area (Å²) in [5, 5.41) is 13.5. The molecule has 0 saturated carbocycles. The number of hydrogen-bond donors (Lipinski definition) is 2. The Bertz CT molecular complexity index is 1070. The molecule has 3 heterocycles. The van der Waals surface area contributed by atoms with Gasteiger partial charge in [0.15, 0.2) is 0 Å². The number of amides is 2. The minimum Gasteiger partial charge on any atom is -0.456 e. The number of nitrogens with one attached hydrogen (secondary N) is 1. The molecule has 2 aromatic rings. The number of benzene rings is 1. The van der Waals surface area contributed by atoms with Crippen LogP contribution in [0.1, 0.15) is 57.7 Å². The van der Waals surface area contributed by atoms with Gasteiger partial charge in [-0.05, 0) is 61.9 Å². The molecule has 1 aromatic heterocycles. The van der Waals surface area contributed by atoms with E-state index in [-0.39, 0.29) is 30.1 Å². The quantitative estimate of drug-likeness (QED) is 0.494. The van der Waals surface area contributed by atoms with Gasteiger partial charge in [-0.2, -0.15) is 0 Å². The standard InChI is InChI=1S/C29H40N4O4.ClH/c1-5-6-15-33-27(35)25(26(34)20(2)3)31-28(36)29(33)13-16-32(17-14-29)19-22-8-11-23(12-9-22)37-24-10-7-21(4)30-18-24;/h7-12,18,20,25-26,34H,5-6,13-17,19H2,1-4H3,(H,31,36);1H/t25-,26-;/m1./s1. The predicted octanol–water partition coefficient (Wildman–Crippen LogP) is 4.08. The molecule has 1 spiro atoms. The van der Waals surface area contributed by atoms with Crippen LogP contribution in [0.4, 0.5) is 0 Å². The van der Waals surface area contributed by atoms with Crippen LogP contribution in [-0.2, 0) is 16.1 Å². The van der Waals surface area contributed by atoms with Crippen molar-refractivity contribution in [1.29, 1.82) is 0 Å². The molecule has 0 aliphatic carbocycles. The zero-order valence-corrected chi connectivity index (χ0v) is 23.7. The summed E-state index contributed by atoms with van der Waals surface area (Å²) < 4.78 is 5.88. The van der Waals surface area contributed by atoms with Crippen LogP contribution in [0.2, 0.25) is 0 Å². The number of nitrogens with zero attached hydrogens (tertiary/aromatic N) is 3. The number of aliphatic hydroxyl groups excluding tert-OH is 1. The highest BCUT2D eigenvalue weighted by Crippen LogP contribution is 2.35. The second-order valence-corrected chi connectivity index (χ2v) is 10.7. The topological polar surface area (TPSA) is 95.0 Å². The summed E-state index contributed by atoms with van der Waals surface area (Å²) in [6.07, 6.45) is 3.76. The van der Waals surface area contributed by atoms with Crippen molar-refractivity contribution >= 4 is 24.2 Å². The van der Waals surface area contributed by atoms with Gasteiger partial charge in [0.05, 0.1) is 12.3 Å². The second-order valence-electron chi connectivity index (χ2n) is 10.7. The lowest BCUT2D eigenvalue weighted by molar-refractivity contribution is -0.165. The molecule has 2 aliphatic heterocycles. The first kappa shape index (κ1) is 29.9. The first-order valence-corrected chi connectivity index (χ1v) is 13.5. The summed E-state index contributed by atoms with van der Waals surface area (Å²) in [6, 6.07) is 11.0. The number of carbonyl (C=O) groups excluding carboxylic acids is 2. The molecular formula is C29H41ClN4O4. The van der Waals surface area contributed by atoms with E-state index < -0.39 is 17.7 Å². The van der Waals surface area contributed by atoms with Crippen LogP contribution < -0.4 is 10.1 Å². The van der Waals surface area contributed by atoms with Gasteiger partial charge in [0.2, 0.25) is 11.8 Å². The number of carbonyl (C=O) groups is 2. The number of piperazine rings is 1. The lowest BCUT2D eigenvalue weighted by Gasteiger charge is -2.52. The maximum Gasteiger partial charge on any atom is 0.248 e. The number of aryl methyl sites for hydroxylation is 1. The molecule has 2 aliphatic rings. The van der Waals surface area contributed by atoms with E-state index in [4.69, 9.17) is 4.74 Å². The lowest BCUT2D eigenvalue weighted by Crippen LogP contribution is -2.74. The van der Waals surface area contributed by atoms with Crippen LogP contribution in [0.25, 0.3) is 0 Å². The van der Waals surface area contributed by atoms with E-state index in [9.17, 15) is 14.7 Å². The fraction of sp³-hybridized carbons (Fsp3) is 0.552. The summed E-state index contributed by atoms with van der Waals surface area (Å²) in [4.78, 5) is 35.3. The summed E-state index contributed by atoms with van der Waals surface area (Å²) in [7, 11) is 0. The van der Waals surface area contributed by atoms with Crippen LogP contribution in [-0.4, -0.2) is 69.0 Å². The largest absolute Gasteiger partial charge is 0.456 e. The van der Waals surface area contributed by atoms with Gasteiger partial charge < -0.3 is 20.1 Å². The number of aliphatic hydroxyl groups is 1. The molecule has 2 amide bonds. The lowest BCUT2D eigenvalue weighted by atomic mass is 9.80. The van der Waals surface area contributed by atoms with E-state index in [1.807, 2.05) is 45.0 Å². The smallest absolute Gasteiger partial charge is 0.248 e. The molecule has 2 N–H and O–H groups in total. The van der Waals surface area contributed by atoms with Crippen molar-refractivity contribution < 1.29 is 19.4 Å². The molecule has 2 fully saturated rings. The fourth-order valence-electron chi connectivity index (χ4n) is 5.25. The molecule has 208 valence electrons. The van der Waals surface area contributed by atoms with E-state index in [1.54, 1.807) is 11.1 Å². The average Bonchev–Trinajstić information content (AvgIpc) is 2.89. The SMILES string of the molecule is CCCCN1C(=O)[C@@H]([C@H](O)C(C)C)NC(=O)C12CCN(Cc1ccc(Oc3ccc(C)nc3)cc1)CC2.Cl.